The molecular formula is C17H23FN6O2. The number of nitrogens with one attached hydrogen (secondary N) is 3. The van der Waals surface area contributed by atoms with Crippen LogP contribution in [0.5, 0.6) is 0 Å². The Morgan fingerprint density at radius 2 is 1.96 bits per heavy atom. The van der Waals surface area contributed by atoms with E-state index in [2.05, 4.69) is 26.0 Å². The molecule has 7 N–H and O–H groups in total. The van der Waals surface area contributed by atoms with E-state index < -0.39 is 6.10 Å². The number of aliphatic hydroxyl groups excluding tert-OH is 2. The molecule has 1 aromatic carbocycles. The van der Waals surface area contributed by atoms with Crippen LogP contribution >= 0.6 is 0 Å². The SMILES string of the molecule is NNc1c(NCc2ccccc2F)ncnc1NC1CC(O)C(CO)C1. The predicted molar refractivity (Wildman–Crippen MR) is 96.8 cm³/mol. The van der Waals surface area contributed by atoms with Gasteiger partial charge in [-0.3, -0.25) is 5.84 Å². The van der Waals surface area contributed by atoms with Crippen molar-refractivity contribution in [3.05, 3.63) is 42.0 Å². The molecule has 0 aliphatic heterocycles. The minimum absolute atomic E-state index is 0.0384. The van der Waals surface area contributed by atoms with Gasteiger partial charge in [-0.25, -0.2) is 14.4 Å². The summed E-state index contributed by atoms with van der Waals surface area (Å²) in [6.45, 7) is 0.188. The maximum absolute atomic E-state index is 13.8. The van der Waals surface area contributed by atoms with Crippen LogP contribution in [0.2, 0.25) is 0 Å². The van der Waals surface area contributed by atoms with Gasteiger partial charge < -0.3 is 26.3 Å². The first-order valence-electron chi connectivity index (χ1n) is 8.46. The average molecular weight is 362 g/mol. The third-order valence-corrected chi connectivity index (χ3v) is 4.63. The molecule has 1 saturated carbocycles. The van der Waals surface area contributed by atoms with Gasteiger partial charge in [-0.15, -0.1) is 0 Å². The lowest BCUT2D eigenvalue weighted by Crippen LogP contribution is -2.21. The molecule has 0 radical (unpaired) electrons. The van der Waals surface area contributed by atoms with E-state index in [9.17, 15) is 14.6 Å². The molecule has 0 spiro atoms. The number of nitrogens with zero attached hydrogens (tertiary/aromatic N) is 2. The molecule has 0 saturated heterocycles. The van der Waals surface area contributed by atoms with Gasteiger partial charge >= 0.3 is 0 Å². The van der Waals surface area contributed by atoms with E-state index in [1.54, 1.807) is 18.2 Å². The fourth-order valence-corrected chi connectivity index (χ4v) is 3.20. The second-order valence-corrected chi connectivity index (χ2v) is 6.36. The van der Waals surface area contributed by atoms with Crippen LogP contribution in [0.25, 0.3) is 0 Å². The quantitative estimate of drug-likeness (QED) is 0.319. The molecule has 3 unspecified atom stereocenters. The van der Waals surface area contributed by atoms with Gasteiger partial charge in [0.05, 0.1) is 6.10 Å². The fraction of sp³-hybridized carbons (Fsp3) is 0.412. The lowest BCUT2D eigenvalue weighted by Gasteiger charge is -2.18. The van der Waals surface area contributed by atoms with Crippen molar-refractivity contribution in [2.24, 2.45) is 11.8 Å². The first-order chi connectivity index (χ1) is 12.6. The van der Waals surface area contributed by atoms with Gasteiger partial charge in [-0.05, 0) is 18.9 Å². The number of nitrogens with two attached hydrogens (primary N) is 1. The van der Waals surface area contributed by atoms with Crippen molar-refractivity contribution in [1.29, 1.82) is 0 Å². The lowest BCUT2D eigenvalue weighted by molar-refractivity contribution is 0.0908. The molecule has 0 amide bonds. The molecule has 8 nitrogen and oxygen atoms in total. The molecule has 1 fully saturated rings. The van der Waals surface area contributed by atoms with Gasteiger partial charge in [0.15, 0.2) is 11.6 Å². The number of aromatic nitrogens is 2. The van der Waals surface area contributed by atoms with Gasteiger partial charge in [0.2, 0.25) is 0 Å². The standard InChI is InChI=1S/C17H23FN6O2/c18-13-4-2-1-3-10(13)7-20-16-15(24-19)17(22-9-21-16)23-12-5-11(8-25)14(26)6-12/h1-4,9,11-12,14,24-26H,5-8,19H2,(H2,20,21,22,23). The van der Waals surface area contributed by atoms with Crippen molar-refractivity contribution in [2.75, 3.05) is 22.7 Å². The van der Waals surface area contributed by atoms with Crippen molar-refractivity contribution in [3.8, 4) is 0 Å². The molecule has 26 heavy (non-hydrogen) atoms. The Bertz CT molecular complexity index is 747. The van der Waals surface area contributed by atoms with Crippen LogP contribution < -0.4 is 21.9 Å². The highest BCUT2D eigenvalue weighted by Crippen LogP contribution is 2.32. The van der Waals surface area contributed by atoms with Crippen molar-refractivity contribution >= 4 is 17.3 Å². The molecule has 1 heterocycles. The highest BCUT2D eigenvalue weighted by atomic mass is 19.1. The Morgan fingerprint density at radius 1 is 1.19 bits per heavy atom. The molecule has 0 bridgehead atoms. The number of rotatable bonds is 7. The van der Waals surface area contributed by atoms with E-state index in [4.69, 9.17) is 5.84 Å². The number of nitrogen functional groups attached to an aromatic ring is 1. The second-order valence-electron chi connectivity index (χ2n) is 6.36. The summed E-state index contributed by atoms with van der Waals surface area (Å²) >= 11 is 0. The van der Waals surface area contributed by atoms with Crippen LogP contribution in [-0.2, 0) is 6.54 Å². The second kappa shape index (κ2) is 8.26. The van der Waals surface area contributed by atoms with Crippen LogP contribution in [0.4, 0.5) is 21.7 Å². The zero-order valence-corrected chi connectivity index (χ0v) is 14.2. The van der Waals surface area contributed by atoms with Gasteiger partial charge in [0.1, 0.15) is 17.8 Å². The highest BCUT2D eigenvalue weighted by Gasteiger charge is 2.33. The van der Waals surface area contributed by atoms with Crippen LogP contribution in [0, 0.1) is 11.7 Å². The summed E-state index contributed by atoms with van der Waals surface area (Å²) in [7, 11) is 0. The van der Waals surface area contributed by atoms with Crippen LogP contribution in [0.15, 0.2) is 30.6 Å². The minimum atomic E-state index is -0.549. The van der Waals surface area contributed by atoms with Crippen LogP contribution in [0.1, 0.15) is 18.4 Å². The van der Waals surface area contributed by atoms with E-state index in [1.807, 2.05) is 0 Å². The zero-order valence-electron chi connectivity index (χ0n) is 14.2. The van der Waals surface area contributed by atoms with Crippen molar-refractivity contribution in [3.63, 3.8) is 0 Å². The van der Waals surface area contributed by atoms with Crippen LogP contribution in [-0.4, -0.2) is 38.9 Å². The Hall–Kier alpha value is -2.49. The number of aliphatic hydroxyl groups is 2. The molecule has 140 valence electrons. The Balaban J connectivity index is 1.72. The molecule has 3 atom stereocenters. The average Bonchev–Trinajstić information content (AvgIpc) is 3.00. The maximum Gasteiger partial charge on any atom is 0.156 e. The van der Waals surface area contributed by atoms with Crippen molar-refractivity contribution in [1.82, 2.24) is 9.97 Å². The Kier molecular flexibility index (Phi) is 5.82. The van der Waals surface area contributed by atoms with E-state index in [0.29, 0.717) is 35.7 Å². The Morgan fingerprint density at radius 3 is 2.65 bits per heavy atom. The van der Waals surface area contributed by atoms with Crippen molar-refractivity contribution < 1.29 is 14.6 Å². The normalized spacial score (nSPS) is 22.2. The number of anilines is 3. The fourth-order valence-electron chi connectivity index (χ4n) is 3.20. The zero-order chi connectivity index (χ0) is 18.5. The van der Waals surface area contributed by atoms with Gasteiger partial charge in [0, 0.05) is 30.7 Å². The molecule has 2 aromatic rings. The minimum Gasteiger partial charge on any atom is -0.396 e. The molecule has 1 aromatic heterocycles. The molecule has 9 heteroatoms. The molecule has 3 rings (SSSR count). The highest BCUT2D eigenvalue weighted by molar-refractivity contribution is 5.76. The monoisotopic (exact) mass is 362 g/mol. The summed E-state index contributed by atoms with van der Waals surface area (Å²) in [5.41, 5.74) is 3.53. The van der Waals surface area contributed by atoms with E-state index >= 15 is 0 Å². The maximum atomic E-state index is 13.8. The number of hydrazine groups is 1. The molecular weight excluding hydrogens is 339 g/mol. The summed E-state index contributed by atoms with van der Waals surface area (Å²) < 4.78 is 13.8. The Labute approximate surface area is 150 Å². The number of hydrogen-bond donors (Lipinski definition) is 6. The summed E-state index contributed by atoms with van der Waals surface area (Å²) in [5.74, 6) is 6.10. The van der Waals surface area contributed by atoms with Crippen LogP contribution in [0.3, 0.4) is 0 Å². The molecule has 1 aliphatic carbocycles. The summed E-state index contributed by atoms with van der Waals surface area (Å²) in [6.07, 6.45) is 1.97. The first kappa shape index (κ1) is 18.3. The summed E-state index contributed by atoms with van der Waals surface area (Å²) in [4.78, 5) is 8.36. The number of benzene rings is 1. The lowest BCUT2D eigenvalue weighted by atomic mass is 10.1. The van der Waals surface area contributed by atoms with E-state index in [1.165, 1.54) is 12.4 Å². The third-order valence-electron chi connectivity index (χ3n) is 4.63. The first-order valence-corrected chi connectivity index (χ1v) is 8.46. The number of halogens is 1. The third kappa shape index (κ3) is 4.01. The summed E-state index contributed by atoms with van der Waals surface area (Å²) in [5, 5.41) is 25.5. The van der Waals surface area contributed by atoms with E-state index in [0.717, 1.165) is 0 Å². The topological polar surface area (TPSA) is 128 Å². The molecule has 1 aliphatic rings. The van der Waals surface area contributed by atoms with Crippen molar-refractivity contribution in [2.45, 2.75) is 31.5 Å². The van der Waals surface area contributed by atoms with Gasteiger partial charge in [-0.1, -0.05) is 18.2 Å². The largest absolute Gasteiger partial charge is 0.396 e. The summed E-state index contributed by atoms with van der Waals surface area (Å²) in [6, 6.07) is 6.44. The van der Waals surface area contributed by atoms with Gasteiger partial charge in [-0.2, -0.15) is 0 Å². The predicted octanol–water partition coefficient (Wildman–Crippen LogP) is 1.06. The number of hydrogen-bond acceptors (Lipinski definition) is 8. The smallest absolute Gasteiger partial charge is 0.156 e. The van der Waals surface area contributed by atoms with Gasteiger partial charge in [0.25, 0.3) is 0 Å². The van der Waals surface area contributed by atoms with E-state index in [-0.39, 0.29) is 30.9 Å².